The highest BCUT2D eigenvalue weighted by Crippen LogP contribution is 2.16. The summed E-state index contributed by atoms with van der Waals surface area (Å²) in [6, 6.07) is 0. The van der Waals surface area contributed by atoms with Crippen LogP contribution in [0.4, 0.5) is 0 Å². The zero-order chi connectivity index (χ0) is 9.56. The molecule has 1 unspecified atom stereocenters. The molecule has 0 rings (SSSR count). The molecule has 1 atom stereocenters. The molecule has 3 nitrogen and oxygen atoms in total. The van der Waals surface area contributed by atoms with Gasteiger partial charge in [0.15, 0.2) is 0 Å². The highest BCUT2D eigenvalue weighted by atomic mass is 79.9. The van der Waals surface area contributed by atoms with Gasteiger partial charge in [0.05, 0.1) is 6.42 Å². The zero-order valence-electron chi connectivity index (χ0n) is 7.05. The molecular formula is C8H13BrO3. The Hall–Kier alpha value is -0.380. The van der Waals surface area contributed by atoms with Crippen molar-refractivity contribution in [3.05, 3.63) is 0 Å². The summed E-state index contributed by atoms with van der Waals surface area (Å²) in [5.74, 6) is -1.27. The maximum absolute atomic E-state index is 10.8. The molecule has 0 saturated heterocycles. The van der Waals surface area contributed by atoms with E-state index in [9.17, 15) is 9.59 Å². The van der Waals surface area contributed by atoms with Crippen LogP contribution in [0.25, 0.3) is 0 Å². The molecule has 0 saturated carbocycles. The topological polar surface area (TPSA) is 54.4 Å². The Bertz CT molecular complexity index is 168. The molecule has 4 heteroatoms. The normalized spacial score (nSPS) is 12.5. The first kappa shape index (κ1) is 11.6. The van der Waals surface area contributed by atoms with Crippen molar-refractivity contribution in [2.45, 2.75) is 32.6 Å². The van der Waals surface area contributed by atoms with Gasteiger partial charge in [0, 0.05) is 5.92 Å². The van der Waals surface area contributed by atoms with E-state index in [2.05, 4.69) is 15.9 Å². The van der Waals surface area contributed by atoms with Crippen molar-refractivity contribution in [2.24, 2.45) is 5.92 Å². The van der Waals surface area contributed by atoms with Crippen molar-refractivity contribution in [3.63, 3.8) is 0 Å². The van der Waals surface area contributed by atoms with Crippen LogP contribution in [0.5, 0.6) is 0 Å². The molecule has 0 bridgehead atoms. The van der Waals surface area contributed by atoms with Crippen LogP contribution >= 0.6 is 15.9 Å². The first-order valence-corrected chi connectivity index (χ1v) is 4.78. The van der Waals surface area contributed by atoms with Crippen molar-refractivity contribution in [1.29, 1.82) is 0 Å². The summed E-state index contributed by atoms with van der Waals surface area (Å²) < 4.78 is -0.196. The van der Waals surface area contributed by atoms with Crippen LogP contribution in [0.15, 0.2) is 0 Å². The van der Waals surface area contributed by atoms with Gasteiger partial charge in [-0.25, -0.2) is 0 Å². The lowest BCUT2D eigenvalue weighted by Gasteiger charge is -2.07. The second-order valence-electron chi connectivity index (χ2n) is 2.74. The van der Waals surface area contributed by atoms with Crippen LogP contribution in [0.1, 0.15) is 32.6 Å². The molecule has 0 amide bonds. The van der Waals surface area contributed by atoms with Crippen LogP contribution in [0, 0.1) is 5.92 Å². The monoisotopic (exact) mass is 236 g/mol. The first-order valence-electron chi connectivity index (χ1n) is 3.99. The Morgan fingerprint density at radius 3 is 2.42 bits per heavy atom. The predicted octanol–water partition coefficient (Wildman–Crippen LogP) is 2.19. The molecular weight excluding hydrogens is 224 g/mol. The molecule has 0 spiro atoms. The lowest BCUT2D eigenvalue weighted by Crippen LogP contribution is -2.13. The third-order valence-corrected chi connectivity index (χ3v) is 2.30. The van der Waals surface area contributed by atoms with E-state index in [1.165, 1.54) is 0 Å². The summed E-state index contributed by atoms with van der Waals surface area (Å²) in [6.45, 7) is 2.01. The van der Waals surface area contributed by atoms with Gasteiger partial charge >= 0.3 is 5.97 Å². The summed E-state index contributed by atoms with van der Waals surface area (Å²) in [4.78, 5) is 21.1. The van der Waals surface area contributed by atoms with Gasteiger partial charge in [-0.05, 0) is 22.4 Å². The fraction of sp³-hybridized carbons (Fsp3) is 0.750. The number of unbranched alkanes of at least 4 members (excludes halogenated alkanes) is 1. The number of aliphatic carboxylic acids is 1. The Balaban J connectivity index is 3.87. The van der Waals surface area contributed by atoms with Crippen molar-refractivity contribution in [3.8, 4) is 0 Å². The Morgan fingerprint density at radius 1 is 1.50 bits per heavy atom. The number of halogens is 1. The van der Waals surface area contributed by atoms with Crippen molar-refractivity contribution in [1.82, 2.24) is 0 Å². The Morgan fingerprint density at radius 2 is 2.08 bits per heavy atom. The molecule has 70 valence electrons. The minimum absolute atomic E-state index is 0.0654. The van der Waals surface area contributed by atoms with E-state index in [1.807, 2.05) is 6.92 Å². The molecule has 12 heavy (non-hydrogen) atoms. The highest BCUT2D eigenvalue weighted by molar-refractivity contribution is 9.18. The predicted molar refractivity (Wildman–Crippen MR) is 49.2 cm³/mol. The lowest BCUT2D eigenvalue weighted by molar-refractivity contribution is -0.139. The van der Waals surface area contributed by atoms with Gasteiger partial charge in [-0.15, -0.1) is 0 Å². The van der Waals surface area contributed by atoms with E-state index in [0.29, 0.717) is 6.42 Å². The smallest absolute Gasteiger partial charge is 0.304 e. The number of carbonyl (C=O) groups is 2. The van der Waals surface area contributed by atoms with Crippen LogP contribution in [0.3, 0.4) is 0 Å². The van der Waals surface area contributed by atoms with E-state index in [0.717, 1.165) is 12.8 Å². The van der Waals surface area contributed by atoms with Gasteiger partial charge in [0.2, 0.25) is 4.69 Å². The van der Waals surface area contributed by atoms with Crippen LogP contribution in [-0.2, 0) is 9.59 Å². The minimum atomic E-state index is -0.913. The second-order valence-corrected chi connectivity index (χ2v) is 3.52. The van der Waals surface area contributed by atoms with Gasteiger partial charge in [-0.1, -0.05) is 19.8 Å². The summed E-state index contributed by atoms with van der Waals surface area (Å²) in [5.41, 5.74) is 0. The van der Waals surface area contributed by atoms with Gasteiger partial charge in [-0.3, -0.25) is 9.59 Å². The van der Waals surface area contributed by atoms with Crippen molar-refractivity contribution in [2.75, 3.05) is 0 Å². The fourth-order valence-electron chi connectivity index (χ4n) is 0.957. The van der Waals surface area contributed by atoms with E-state index >= 15 is 0 Å². The number of carbonyl (C=O) groups excluding carboxylic acids is 1. The standard InChI is InChI=1S/C8H13BrO3/c1-2-3-4-6(8(9)12)5-7(10)11/h6H,2-5H2,1H3,(H,10,11). The molecule has 0 aliphatic rings. The molecule has 0 aromatic rings. The van der Waals surface area contributed by atoms with Crippen molar-refractivity contribution < 1.29 is 14.7 Å². The van der Waals surface area contributed by atoms with Crippen LogP contribution < -0.4 is 0 Å². The fourth-order valence-corrected chi connectivity index (χ4v) is 1.35. The lowest BCUT2D eigenvalue weighted by atomic mass is 10.0. The second kappa shape index (κ2) is 6.17. The number of hydrogen-bond donors (Lipinski definition) is 1. The van der Waals surface area contributed by atoms with Gasteiger partial charge in [0.25, 0.3) is 0 Å². The van der Waals surface area contributed by atoms with Crippen molar-refractivity contribution >= 4 is 26.6 Å². The summed E-state index contributed by atoms with van der Waals surface area (Å²) in [7, 11) is 0. The quantitative estimate of drug-likeness (QED) is 0.720. The SMILES string of the molecule is CCCCC(CC(=O)O)C(=O)Br. The molecule has 0 aliphatic carbocycles. The van der Waals surface area contributed by atoms with E-state index in [-0.39, 0.29) is 17.0 Å². The highest BCUT2D eigenvalue weighted by Gasteiger charge is 2.18. The van der Waals surface area contributed by atoms with Gasteiger partial charge in [0.1, 0.15) is 0 Å². The molecule has 1 N–H and O–H groups in total. The molecule has 0 radical (unpaired) electrons. The van der Waals surface area contributed by atoms with Crippen LogP contribution in [0.2, 0.25) is 0 Å². The molecule has 0 aromatic heterocycles. The third kappa shape index (κ3) is 5.29. The van der Waals surface area contributed by atoms with E-state index in [1.54, 1.807) is 0 Å². The van der Waals surface area contributed by atoms with Gasteiger partial charge < -0.3 is 5.11 Å². The average molecular weight is 237 g/mol. The van der Waals surface area contributed by atoms with E-state index < -0.39 is 5.97 Å². The maximum Gasteiger partial charge on any atom is 0.304 e. The van der Waals surface area contributed by atoms with Crippen LogP contribution in [-0.4, -0.2) is 15.8 Å². The number of rotatable bonds is 6. The number of carboxylic acid groups (broad SMARTS) is 1. The molecule has 0 aromatic carbocycles. The molecule has 0 aliphatic heterocycles. The Labute approximate surface area is 80.3 Å². The molecule has 0 fully saturated rings. The summed E-state index contributed by atoms with van der Waals surface area (Å²) in [5, 5.41) is 8.46. The zero-order valence-corrected chi connectivity index (χ0v) is 8.63. The minimum Gasteiger partial charge on any atom is -0.481 e. The molecule has 0 heterocycles. The Kier molecular flexibility index (Phi) is 5.98. The third-order valence-electron chi connectivity index (χ3n) is 1.65. The largest absolute Gasteiger partial charge is 0.481 e. The number of carboxylic acids is 1. The average Bonchev–Trinajstić information content (AvgIpc) is 1.96. The van der Waals surface area contributed by atoms with Gasteiger partial charge in [-0.2, -0.15) is 0 Å². The maximum atomic E-state index is 10.8. The summed E-state index contributed by atoms with van der Waals surface area (Å²) in [6.07, 6.45) is 2.47. The first-order chi connectivity index (χ1) is 5.57. The number of hydrogen-bond acceptors (Lipinski definition) is 2. The summed E-state index contributed by atoms with van der Waals surface area (Å²) >= 11 is 2.80. The van der Waals surface area contributed by atoms with E-state index in [4.69, 9.17) is 5.11 Å².